The maximum Gasteiger partial charge on any atom is 0.364 e. The number of rotatable bonds is 3. The lowest BCUT2D eigenvalue weighted by molar-refractivity contribution is -0.0584. The van der Waals surface area contributed by atoms with Crippen LogP contribution in [0.15, 0.2) is 72.8 Å². The summed E-state index contributed by atoms with van der Waals surface area (Å²) in [6.07, 6.45) is 0. The van der Waals surface area contributed by atoms with Gasteiger partial charge in [0.05, 0.1) is 16.7 Å². The molecule has 5 nitrogen and oxygen atoms in total. The molecule has 0 N–H and O–H groups in total. The second kappa shape index (κ2) is 6.53. The SMILES string of the molecule is Cc1cccc(-c2ccccc2C(=O)ON2C(=O)c3ccccc3C2=O)c1. The molecule has 0 atom stereocenters. The molecule has 0 radical (unpaired) electrons. The topological polar surface area (TPSA) is 63.7 Å². The van der Waals surface area contributed by atoms with Gasteiger partial charge in [0.25, 0.3) is 11.8 Å². The maximum absolute atomic E-state index is 12.8. The highest BCUT2D eigenvalue weighted by atomic mass is 16.7. The van der Waals surface area contributed by atoms with Gasteiger partial charge in [0.1, 0.15) is 0 Å². The average molecular weight is 357 g/mol. The van der Waals surface area contributed by atoms with E-state index >= 15 is 0 Å². The van der Waals surface area contributed by atoms with Gasteiger partial charge in [-0.05, 0) is 36.2 Å². The van der Waals surface area contributed by atoms with Gasteiger partial charge in [0.2, 0.25) is 0 Å². The number of carbonyl (C=O) groups is 3. The first-order chi connectivity index (χ1) is 13.1. The molecule has 1 aliphatic heterocycles. The van der Waals surface area contributed by atoms with Crippen molar-refractivity contribution >= 4 is 17.8 Å². The molecule has 0 unspecified atom stereocenters. The molecule has 0 saturated carbocycles. The summed E-state index contributed by atoms with van der Waals surface area (Å²) in [5, 5.41) is 0.528. The monoisotopic (exact) mass is 357 g/mol. The van der Waals surface area contributed by atoms with Gasteiger partial charge in [-0.1, -0.05) is 65.2 Å². The summed E-state index contributed by atoms with van der Waals surface area (Å²) >= 11 is 0. The zero-order chi connectivity index (χ0) is 19.0. The molecule has 1 heterocycles. The number of imide groups is 1. The van der Waals surface area contributed by atoms with Crippen LogP contribution in [-0.4, -0.2) is 22.8 Å². The van der Waals surface area contributed by atoms with Crippen molar-refractivity contribution < 1.29 is 19.2 Å². The van der Waals surface area contributed by atoms with Crippen molar-refractivity contribution in [3.05, 3.63) is 95.1 Å². The first kappa shape index (κ1) is 16.7. The van der Waals surface area contributed by atoms with Crippen LogP contribution < -0.4 is 0 Å². The Morgan fingerprint density at radius 3 is 2.00 bits per heavy atom. The number of carbonyl (C=O) groups excluding carboxylic acids is 3. The Balaban J connectivity index is 1.66. The minimum Gasteiger partial charge on any atom is -0.324 e. The summed E-state index contributed by atoms with van der Waals surface area (Å²) in [4.78, 5) is 42.7. The highest BCUT2D eigenvalue weighted by Crippen LogP contribution is 2.27. The quantitative estimate of drug-likeness (QED) is 0.664. The van der Waals surface area contributed by atoms with Crippen molar-refractivity contribution in [2.24, 2.45) is 0 Å². The molecule has 0 spiro atoms. The zero-order valence-corrected chi connectivity index (χ0v) is 14.5. The Labute approximate surface area is 155 Å². The zero-order valence-electron chi connectivity index (χ0n) is 14.5. The number of hydroxylamine groups is 2. The Bertz CT molecular complexity index is 1050. The average Bonchev–Trinajstić information content (AvgIpc) is 2.93. The van der Waals surface area contributed by atoms with Gasteiger partial charge in [0.15, 0.2) is 0 Å². The van der Waals surface area contributed by atoms with Crippen LogP contribution in [0.3, 0.4) is 0 Å². The molecule has 0 aromatic heterocycles. The number of hydrogen-bond acceptors (Lipinski definition) is 4. The van der Waals surface area contributed by atoms with E-state index in [-0.39, 0.29) is 16.7 Å². The van der Waals surface area contributed by atoms with Crippen molar-refractivity contribution in [1.82, 2.24) is 5.06 Å². The van der Waals surface area contributed by atoms with Gasteiger partial charge in [-0.3, -0.25) is 9.59 Å². The lowest BCUT2D eigenvalue weighted by atomic mass is 9.98. The summed E-state index contributed by atoms with van der Waals surface area (Å²) in [6, 6.07) is 21.0. The second-order valence-corrected chi connectivity index (χ2v) is 6.24. The molecule has 27 heavy (non-hydrogen) atoms. The van der Waals surface area contributed by atoms with Crippen LogP contribution in [0.4, 0.5) is 0 Å². The summed E-state index contributed by atoms with van der Waals surface area (Å²) in [5.41, 5.74) is 3.30. The Morgan fingerprint density at radius 2 is 1.37 bits per heavy atom. The van der Waals surface area contributed by atoms with E-state index in [4.69, 9.17) is 4.84 Å². The van der Waals surface area contributed by atoms with E-state index in [1.54, 1.807) is 30.3 Å². The van der Waals surface area contributed by atoms with E-state index in [0.717, 1.165) is 11.1 Å². The third-order valence-corrected chi connectivity index (χ3v) is 4.41. The van der Waals surface area contributed by atoms with E-state index < -0.39 is 17.8 Å². The molecule has 3 aromatic carbocycles. The molecule has 0 aliphatic carbocycles. The van der Waals surface area contributed by atoms with Crippen molar-refractivity contribution in [1.29, 1.82) is 0 Å². The van der Waals surface area contributed by atoms with Crippen LogP contribution in [0, 0.1) is 6.92 Å². The second-order valence-electron chi connectivity index (χ2n) is 6.24. The summed E-state index contributed by atoms with van der Waals surface area (Å²) in [6.45, 7) is 1.96. The normalized spacial score (nSPS) is 12.9. The van der Waals surface area contributed by atoms with Crippen molar-refractivity contribution in [2.75, 3.05) is 0 Å². The summed E-state index contributed by atoms with van der Waals surface area (Å²) in [5.74, 6) is -2.05. The van der Waals surface area contributed by atoms with E-state index in [0.29, 0.717) is 10.6 Å². The molecule has 1 aliphatic rings. The number of aryl methyl sites for hydroxylation is 1. The largest absolute Gasteiger partial charge is 0.364 e. The fourth-order valence-corrected chi connectivity index (χ4v) is 3.11. The number of nitrogens with zero attached hydrogens (tertiary/aromatic N) is 1. The number of hydrogen-bond donors (Lipinski definition) is 0. The number of benzene rings is 3. The Kier molecular flexibility index (Phi) is 4.05. The van der Waals surface area contributed by atoms with Crippen molar-refractivity contribution in [2.45, 2.75) is 6.92 Å². The van der Waals surface area contributed by atoms with E-state index in [1.165, 1.54) is 12.1 Å². The van der Waals surface area contributed by atoms with E-state index in [9.17, 15) is 14.4 Å². The molecule has 0 bridgehead atoms. The van der Waals surface area contributed by atoms with Gasteiger partial charge in [0, 0.05) is 0 Å². The third kappa shape index (κ3) is 2.89. The minimum absolute atomic E-state index is 0.224. The smallest absolute Gasteiger partial charge is 0.324 e. The lowest BCUT2D eigenvalue weighted by Crippen LogP contribution is -2.32. The molecule has 0 saturated heterocycles. The first-order valence-electron chi connectivity index (χ1n) is 8.42. The standard InChI is InChI=1S/C22H15NO4/c1-14-7-6-8-15(13-14)16-9-2-5-12-19(16)22(26)27-23-20(24)17-10-3-4-11-18(17)21(23)25/h2-13H,1H3. The Morgan fingerprint density at radius 1 is 0.778 bits per heavy atom. The molecular weight excluding hydrogens is 342 g/mol. The van der Waals surface area contributed by atoms with Crippen LogP contribution in [0.1, 0.15) is 36.6 Å². The maximum atomic E-state index is 12.8. The molecule has 132 valence electrons. The van der Waals surface area contributed by atoms with Gasteiger partial charge < -0.3 is 4.84 Å². The molecule has 2 amide bonds. The number of amides is 2. The predicted molar refractivity (Wildman–Crippen MR) is 99.0 cm³/mol. The van der Waals surface area contributed by atoms with Gasteiger partial charge in [-0.2, -0.15) is 0 Å². The van der Waals surface area contributed by atoms with Crippen molar-refractivity contribution in [3.63, 3.8) is 0 Å². The molecule has 4 rings (SSSR count). The van der Waals surface area contributed by atoms with Crippen molar-refractivity contribution in [3.8, 4) is 11.1 Å². The van der Waals surface area contributed by atoms with Crippen LogP contribution in [-0.2, 0) is 4.84 Å². The number of fused-ring (bicyclic) bond motifs is 1. The van der Waals surface area contributed by atoms with Gasteiger partial charge in [-0.25, -0.2) is 4.79 Å². The van der Waals surface area contributed by atoms with E-state index in [2.05, 4.69) is 0 Å². The highest BCUT2D eigenvalue weighted by molar-refractivity contribution is 6.21. The van der Waals surface area contributed by atoms with E-state index in [1.807, 2.05) is 37.3 Å². The molecular formula is C22H15NO4. The Hall–Kier alpha value is -3.73. The molecule has 5 heteroatoms. The van der Waals surface area contributed by atoms with Gasteiger partial charge in [-0.15, -0.1) is 0 Å². The fourth-order valence-electron chi connectivity index (χ4n) is 3.11. The third-order valence-electron chi connectivity index (χ3n) is 4.41. The fraction of sp³-hybridized carbons (Fsp3) is 0.0455. The molecule has 3 aromatic rings. The first-order valence-corrected chi connectivity index (χ1v) is 8.42. The highest BCUT2D eigenvalue weighted by Gasteiger charge is 2.39. The minimum atomic E-state index is -0.762. The van der Waals surface area contributed by atoms with Crippen LogP contribution in [0.25, 0.3) is 11.1 Å². The van der Waals surface area contributed by atoms with Crippen LogP contribution in [0.5, 0.6) is 0 Å². The summed E-state index contributed by atoms with van der Waals surface area (Å²) in [7, 11) is 0. The lowest BCUT2D eigenvalue weighted by Gasteiger charge is -2.15. The molecule has 0 fully saturated rings. The summed E-state index contributed by atoms with van der Waals surface area (Å²) < 4.78 is 0. The predicted octanol–water partition coefficient (Wildman–Crippen LogP) is 4.03. The van der Waals surface area contributed by atoms with Crippen LogP contribution in [0.2, 0.25) is 0 Å². The van der Waals surface area contributed by atoms with Crippen LogP contribution >= 0.6 is 0 Å². The van der Waals surface area contributed by atoms with Gasteiger partial charge >= 0.3 is 5.97 Å².